The van der Waals surface area contributed by atoms with E-state index in [0.717, 1.165) is 0 Å². The number of nitrogens with two attached hydrogens (primary N) is 1. The predicted molar refractivity (Wildman–Crippen MR) is 165 cm³/mol. The Morgan fingerprint density at radius 3 is 2.23 bits per heavy atom. The highest BCUT2D eigenvalue weighted by Gasteiger charge is 2.47. The van der Waals surface area contributed by atoms with Gasteiger partial charge in [-0.2, -0.15) is 9.97 Å². The highest BCUT2D eigenvalue weighted by atomic mass is 35.5. The minimum Gasteiger partial charge on any atom is -0.437 e. The molecular formula is C28H44ClN5O4Si2. The Morgan fingerprint density at radius 1 is 1.00 bits per heavy atom. The topological polar surface area (TPSA) is 107 Å². The number of nitrogen functional groups attached to an aromatic ring is 1. The van der Waals surface area contributed by atoms with Gasteiger partial charge < -0.3 is 24.1 Å². The molecule has 9 nitrogen and oxygen atoms in total. The average molecular weight is 606 g/mol. The van der Waals surface area contributed by atoms with Gasteiger partial charge >= 0.3 is 0 Å². The largest absolute Gasteiger partial charge is 0.437 e. The molecule has 1 fully saturated rings. The Hall–Kier alpha value is -2.03. The summed E-state index contributed by atoms with van der Waals surface area (Å²) in [6.45, 7) is 23.0. The maximum atomic E-state index is 6.93. The van der Waals surface area contributed by atoms with Crippen LogP contribution in [0.2, 0.25) is 41.3 Å². The van der Waals surface area contributed by atoms with E-state index < -0.39 is 16.6 Å². The number of benzene rings is 1. The van der Waals surface area contributed by atoms with Crippen LogP contribution in [0.15, 0.2) is 30.6 Å². The normalized spacial score (nSPS) is 20.8. The second-order valence-electron chi connectivity index (χ2n) is 13.6. The fourth-order valence-corrected chi connectivity index (χ4v) is 6.51. The smallest absolute Gasteiger partial charge is 0.252 e. The molecule has 0 unspecified atom stereocenters. The molecule has 0 spiro atoms. The Morgan fingerprint density at radius 2 is 1.62 bits per heavy atom. The summed E-state index contributed by atoms with van der Waals surface area (Å²) in [5.41, 5.74) is 7.15. The zero-order valence-electron chi connectivity index (χ0n) is 25.4. The molecule has 0 amide bonds. The van der Waals surface area contributed by atoms with Crippen LogP contribution in [0.4, 0.5) is 5.95 Å². The van der Waals surface area contributed by atoms with E-state index in [4.69, 9.17) is 35.7 Å². The predicted octanol–water partition coefficient (Wildman–Crippen LogP) is 7.55. The Balaban J connectivity index is 1.64. The second-order valence-corrected chi connectivity index (χ2v) is 23.6. The van der Waals surface area contributed by atoms with Crippen LogP contribution in [0, 0.1) is 0 Å². The molecule has 12 heteroatoms. The average Bonchev–Trinajstić information content (AvgIpc) is 3.41. The van der Waals surface area contributed by atoms with Gasteiger partial charge in [0.15, 0.2) is 27.8 Å². The van der Waals surface area contributed by atoms with Gasteiger partial charge in [0.25, 0.3) is 5.88 Å². The number of aromatic nitrogens is 4. The number of nitrogens with zero attached hydrogens (tertiary/aromatic N) is 4. The minimum atomic E-state index is -2.08. The van der Waals surface area contributed by atoms with E-state index in [2.05, 4.69) is 82.7 Å². The third-order valence-electron chi connectivity index (χ3n) is 8.59. The van der Waals surface area contributed by atoms with Gasteiger partial charge in [-0.15, -0.1) is 0 Å². The summed E-state index contributed by atoms with van der Waals surface area (Å²) in [7, 11) is -4.07. The third-order valence-corrected chi connectivity index (χ3v) is 17.8. The molecule has 2 N–H and O–H groups in total. The molecule has 1 saturated heterocycles. The van der Waals surface area contributed by atoms with Crippen molar-refractivity contribution in [2.45, 2.75) is 103 Å². The number of imidazole rings is 1. The van der Waals surface area contributed by atoms with Gasteiger partial charge in [-0.3, -0.25) is 4.57 Å². The fourth-order valence-electron chi connectivity index (χ4n) is 4.01. The first-order valence-corrected chi connectivity index (χ1v) is 20.0. The van der Waals surface area contributed by atoms with Crippen molar-refractivity contribution in [1.82, 2.24) is 19.5 Å². The van der Waals surface area contributed by atoms with Crippen LogP contribution in [0.1, 0.15) is 54.2 Å². The van der Waals surface area contributed by atoms with Crippen molar-refractivity contribution in [2.24, 2.45) is 0 Å². The number of hydrogen-bond donors (Lipinski definition) is 1. The number of rotatable bonds is 8. The minimum absolute atomic E-state index is 0.0627. The summed E-state index contributed by atoms with van der Waals surface area (Å²) in [6, 6.07) is 7.02. The van der Waals surface area contributed by atoms with E-state index in [-0.39, 0.29) is 40.3 Å². The maximum Gasteiger partial charge on any atom is 0.252 e. The van der Waals surface area contributed by atoms with Gasteiger partial charge in [0, 0.05) is 11.4 Å². The standard InChI is InChI=1S/C28H44ClN5O4Si2/c1-27(2,3)39(7,8)35-16-21-20(38-40(9,10)28(4,5)6)15-22(37-21)34-17-31-23-24(34)32-26(30)33-25(23)36-19-13-11-18(29)12-14-19/h11-14,17,20-22H,15-16H2,1-10H3,(H2,30,32,33)/t20-,21+,22+/m0/s1. The fraction of sp³-hybridized carbons (Fsp3) is 0.607. The Bertz CT molecular complexity index is 1340. The lowest BCUT2D eigenvalue weighted by Crippen LogP contribution is -2.48. The number of fused-ring (bicyclic) bond motifs is 1. The van der Waals surface area contributed by atoms with E-state index in [1.165, 1.54) is 0 Å². The quantitative estimate of drug-likeness (QED) is 0.262. The molecule has 40 heavy (non-hydrogen) atoms. The van der Waals surface area contributed by atoms with Crippen molar-refractivity contribution in [1.29, 1.82) is 0 Å². The summed E-state index contributed by atoms with van der Waals surface area (Å²) in [4.78, 5) is 13.4. The van der Waals surface area contributed by atoms with E-state index >= 15 is 0 Å². The molecule has 1 aliphatic heterocycles. The van der Waals surface area contributed by atoms with Crippen molar-refractivity contribution in [3.63, 3.8) is 0 Å². The first-order valence-electron chi connectivity index (χ1n) is 13.8. The summed E-state index contributed by atoms with van der Waals surface area (Å²) in [5.74, 6) is 0.928. The molecule has 0 saturated carbocycles. The molecular weight excluding hydrogens is 562 g/mol. The number of ether oxygens (including phenoxy) is 2. The SMILES string of the molecule is CC(C)(C)[Si](C)(C)OC[C@H]1O[C@@H](n2cnc3c(Oc4ccc(Cl)cc4)nc(N)nc32)C[C@@H]1O[Si](C)(C)C(C)(C)C. The van der Waals surface area contributed by atoms with Crippen LogP contribution in [0.25, 0.3) is 11.2 Å². The molecule has 4 rings (SSSR count). The van der Waals surface area contributed by atoms with Crippen LogP contribution in [-0.2, 0) is 13.6 Å². The van der Waals surface area contributed by atoms with E-state index in [1.54, 1.807) is 30.6 Å². The molecule has 2 aromatic heterocycles. The van der Waals surface area contributed by atoms with Gasteiger partial charge in [0.05, 0.1) is 19.0 Å². The van der Waals surface area contributed by atoms with Crippen LogP contribution in [0.5, 0.6) is 11.6 Å². The number of halogens is 1. The van der Waals surface area contributed by atoms with Crippen LogP contribution >= 0.6 is 11.6 Å². The lowest BCUT2D eigenvalue weighted by atomic mass is 10.2. The summed E-state index contributed by atoms with van der Waals surface area (Å²) in [6.07, 6.45) is 1.64. The molecule has 3 heterocycles. The second kappa shape index (κ2) is 11.0. The van der Waals surface area contributed by atoms with Gasteiger partial charge in [-0.1, -0.05) is 53.1 Å². The molecule has 220 valence electrons. The van der Waals surface area contributed by atoms with Crippen LogP contribution < -0.4 is 10.5 Å². The summed E-state index contributed by atoms with van der Waals surface area (Å²) >= 11 is 6.02. The van der Waals surface area contributed by atoms with Crippen molar-refractivity contribution < 1.29 is 18.3 Å². The van der Waals surface area contributed by atoms with E-state index in [0.29, 0.717) is 35.0 Å². The lowest BCUT2D eigenvalue weighted by Gasteiger charge is -2.40. The lowest BCUT2D eigenvalue weighted by molar-refractivity contribution is -0.0383. The molecule has 0 bridgehead atoms. The molecule has 0 radical (unpaired) electrons. The Kier molecular flexibility index (Phi) is 8.50. The van der Waals surface area contributed by atoms with Gasteiger partial charge in [-0.05, 0) is 60.5 Å². The van der Waals surface area contributed by atoms with Crippen molar-refractivity contribution >= 4 is 45.3 Å². The highest BCUT2D eigenvalue weighted by molar-refractivity contribution is 6.74. The third kappa shape index (κ3) is 6.55. The van der Waals surface area contributed by atoms with E-state index in [9.17, 15) is 0 Å². The van der Waals surface area contributed by atoms with Crippen molar-refractivity contribution in [2.75, 3.05) is 12.3 Å². The zero-order valence-corrected chi connectivity index (χ0v) is 28.2. The summed E-state index contributed by atoms with van der Waals surface area (Å²) < 4.78 is 28.1. The van der Waals surface area contributed by atoms with Crippen molar-refractivity contribution in [3.05, 3.63) is 35.6 Å². The highest BCUT2D eigenvalue weighted by Crippen LogP contribution is 2.43. The first kappa shape index (κ1) is 30.9. The first-order chi connectivity index (χ1) is 18.4. The van der Waals surface area contributed by atoms with E-state index in [1.807, 2.05) is 4.57 Å². The molecule has 1 aromatic carbocycles. The number of anilines is 1. The van der Waals surface area contributed by atoms with Gasteiger partial charge in [0.1, 0.15) is 18.1 Å². The maximum absolute atomic E-state index is 6.93. The zero-order chi connectivity index (χ0) is 29.7. The van der Waals surface area contributed by atoms with Gasteiger partial charge in [-0.25, -0.2) is 4.98 Å². The number of hydrogen-bond acceptors (Lipinski definition) is 8. The van der Waals surface area contributed by atoms with Crippen molar-refractivity contribution in [3.8, 4) is 11.6 Å². The van der Waals surface area contributed by atoms with Crippen LogP contribution in [-0.4, -0.2) is 55.0 Å². The van der Waals surface area contributed by atoms with Gasteiger partial charge in [0.2, 0.25) is 5.95 Å². The Labute approximate surface area is 245 Å². The summed E-state index contributed by atoms with van der Waals surface area (Å²) in [5, 5.41) is 0.771. The monoisotopic (exact) mass is 605 g/mol. The molecule has 3 atom stereocenters. The van der Waals surface area contributed by atoms with Crippen LogP contribution in [0.3, 0.4) is 0 Å². The molecule has 3 aromatic rings. The molecule has 1 aliphatic rings. The molecule has 0 aliphatic carbocycles.